The van der Waals surface area contributed by atoms with Crippen LogP contribution in [-0.4, -0.2) is 23.5 Å². The molecule has 1 aromatic carbocycles. The molecule has 0 unspecified atom stereocenters. The topological polar surface area (TPSA) is 65.5 Å². The maximum absolute atomic E-state index is 11.9. The number of esters is 2. The fraction of sp³-hybridized carbons (Fsp3) is 0.235. The molecule has 0 saturated heterocycles. The van der Waals surface area contributed by atoms with E-state index in [-0.39, 0.29) is 5.97 Å². The van der Waals surface area contributed by atoms with E-state index in [1.807, 2.05) is 6.92 Å². The van der Waals surface area contributed by atoms with Gasteiger partial charge in [0.25, 0.3) is 0 Å². The van der Waals surface area contributed by atoms with Gasteiger partial charge in [0.1, 0.15) is 5.75 Å². The van der Waals surface area contributed by atoms with Gasteiger partial charge in [-0.05, 0) is 42.8 Å². The third kappa shape index (κ3) is 4.41. The summed E-state index contributed by atoms with van der Waals surface area (Å²) in [6.07, 6.45) is 4.85. The van der Waals surface area contributed by atoms with Gasteiger partial charge in [-0.3, -0.25) is 4.98 Å². The van der Waals surface area contributed by atoms with E-state index >= 15 is 0 Å². The first-order valence-electron chi connectivity index (χ1n) is 7.10. The molecule has 0 spiro atoms. The molecule has 2 rings (SSSR count). The van der Waals surface area contributed by atoms with Crippen LogP contribution < -0.4 is 4.74 Å². The largest absolute Gasteiger partial charge is 0.462 e. The average Bonchev–Trinajstić information content (AvgIpc) is 2.56. The van der Waals surface area contributed by atoms with Crippen LogP contribution >= 0.6 is 0 Å². The van der Waals surface area contributed by atoms with Crippen molar-refractivity contribution < 1.29 is 19.1 Å². The zero-order chi connectivity index (χ0) is 15.8. The zero-order valence-corrected chi connectivity index (χ0v) is 12.3. The van der Waals surface area contributed by atoms with Gasteiger partial charge in [0.05, 0.1) is 17.7 Å². The molecule has 0 N–H and O–H groups in total. The first-order valence-corrected chi connectivity index (χ1v) is 7.10. The van der Waals surface area contributed by atoms with Gasteiger partial charge in [-0.2, -0.15) is 0 Å². The number of carbonyl (C=O) groups excluding carboxylic acids is 2. The summed E-state index contributed by atoms with van der Waals surface area (Å²) in [7, 11) is 0. The molecule has 1 heterocycles. The molecule has 0 radical (unpaired) electrons. The predicted octanol–water partition coefficient (Wildman–Crippen LogP) is 3.26. The van der Waals surface area contributed by atoms with Crippen LogP contribution in [0, 0.1) is 0 Å². The summed E-state index contributed by atoms with van der Waals surface area (Å²) in [4.78, 5) is 27.4. The highest BCUT2D eigenvalue weighted by atomic mass is 16.5. The number of aromatic nitrogens is 1. The highest BCUT2D eigenvalue weighted by Gasteiger charge is 2.10. The lowest BCUT2D eigenvalue weighted by molar-refractivity contribution is 0.0499. The maximum atomic E-state index is 11.9. The van der Waals surface area contributed by atoms with Crippen LogP contribution in [0.15, 0.2) is 48.8 Å². The molecule has 0 saturated carbocycles. The number of hydrogen-bond acceptors (Lipinski definition) is 5. The minimum absolute atomic E-state index is 0.368. The highest BCUT2D eigenvalue weighted by Crippen LogP contribution is 2.15. The second-order valence-electron chi connectivity index (χ2n) is 4.64. The summed E-state index contributed by atoms with van der Waals surface area (Å²) < 4.78 is 10.3. The van der Waals surface area contributed by atoms with Crippen LogP contribution in [0.4, 0.5) is 0 Å². The van der Waals surface area contributed by atoms with Crippen LogP contribution in [0.3, 0.4) is 0 Å². The van der Waals surface area contributed by atoms with Crippen molar-refractivity contribution in [3.63, 3.8) is 0 Å². The number of hydrogen-bond donors (Lipinski definition) is 0. The molecule has 5 nitrogen and oxygen atoms in total. The minimum Gasteiger partial charge on any atom is -0.462 e. The van der Waals surface area contributed by atoms with Crippen molar-refractivity contribution in [1.29, 1.82) is 0 Å². The Hall–Kier alpha value is -2.69. The van der Waals surface area contributed by atoms with Crippen molar-refractivity contribution in [1.82, 2.24) is 4.98 Å². The quantitative estimate of drug-likeness (QED) is 0.465. The number of nitrogens with zero attached hydrogens (tertiary/aromatic N) is 1. The molecule has 0 aliphatic heterocycles. The van der Waals surface area contributed by atoms with Crippen LogP contribution in [0.5, 0.6) is 5.75 Å². The Morgan fingerprint density at radius 1 is 0.955 bits per heavy atom. The molecule has 5 heteroatoms. The average molecular weight is 299 g/mol. The highest BCUT2D eigenvalue weighted by molar-refractivity contribution is 5.91. The van der Waals surface area contributed by atoms with E-state index in [0.29, 0.717) is 23.5 Å². The van der Waals surface area contributed by atoms with Gasteiger partial charge >= 0.3 is 11.9 Å². The third-order valence-corrected chi connectivity index (χ3v) is 2.95. The molecule has 114 valence electrons. The Bertz CT molecular complexity index is 623. The molecule has 0 aliphatic carbocycles. The summed E-state index contributed by atoms with van der Waals surface area (Å²) in [5.74, 6) is -0.479. The molecular weight excluding hydrogens is 282 g/mol. The van der Waals surface area contributed by atoms with Gasteiger partial charge in [-0.15, -0.1) is 0 Å². The van der Waals surface area contributed by atoms with Crippen LogP contribution in [-0.2, 0) is 4.74 Å². The smallest absolute Gasteiger partial charge is 0.343 e. The molecule has 1 aromatic heterocycles. The molecular formula is C17H17NO4. The van der Waals surface area contributed by atoms with E-state index in [1.165, 1.54) is 12.4 Å². The Morgan fingerprint density at radius 2 is 1.59 bits per heavy atom. The van der Waals surface area contributed by atoms with Gasteiger partial charge in [0.15, 0.2) is 0 Å². The fourth-order valence-corrected chi connectivity index (χ4v) is 1.71. The SMILES string of the molecule is CCCCOC(=O)c1ccc(OC(=O)c2ccncc2)cc1. The Balaban J connectivity index is 1.94. The van der Waals surface area contributed by atoms with E-state index in [0.717, 1.165) is 12.8 Å². The van der Waals surface area contributed by atoms with E-state index in [1.54, 1.807) is 36.4 Å². The fourth-order valence-electron chi connectivity index (χ4n) is 1.71. The molecule has 0 atom stereocenters. The van der Waals surface area contributed by atoms with Gasteiger partial charge in [0.2, 0.25) is 0 Å². The van der Waals surface area contributed by atoms with Crippen LogP contribution in [0.2, 0.25) is 0 Å². The van der Waals surface area contributed by atoms with E-state index in [4.69, 9.17) is 9.47 Å². The van der Waals surface area contributed by atoms with Crippen LogP contribution in [0.25, 0.3) is 0 Å². The van der Waals surface area contributed by atoms with E-state index in [9.17, 15) is 9.59 Å². The molecule has 2 aromatic rings. The van der Waals surface area contributed by atoms with Crippen molar-refractivity contribution >= 4 is 11.9 Å². The van der Waals surface area contributed by atoms with Crippen LogP contribution in [0.1, 0.15) is 40.5 Å². The second kappa shape index (κ2) is 7.93. The van der Waals surface area contributed by atoms with Crippen molar-refractivity contribution in [2.24, 2.45) is 0 Å². The summed E-state index contributed by atoms with van der Waals surface area (Å²) in [5, 5.41) is 0. The summed E-state index contributed by atoms with van der Waals surface area (Å²) in [6.45, 7) is 2.44. The molecule has 22 heavy (non-hydrogen) atoms. The Morgan fingerprint density at radius 3 is 2.23 bits per heavy atom. The molecule has 0 aliphatic rings. The number of unbranched alkanes of at least 4 members (excludes halogenated alkanes) is 1. The minimum atomic E-state index is -0.472. The lowest BCUT2D eigenvalue weighted by Crippen LogP contribution is -2.09. The Labute approximate surface area is 128 Å². The predicted molar refractivity (Wildman–Crippen MR) is 80.8 cm³/mol. The van der Waals surface area contributed by atoms with E-state index in [2.05, 4.69) is 4.98 Å². The lowest BCUT2D eigenvalue weighted by Gasteiger charge is -2.06. The second-order valence-corrected chi connectivity index (χ2v) is 4.64. The molecule has 0 fully saturated rings. The van der Waals surface area contributed by atoms with Gasteiger partial charge in [-0.1, -0.05) is 13.3 Å². The Kier molecular flexibility index (Phi) is 5.65. The van der Waals surface area contributed by atoms with Crippen molar-refractivity contribution in [3.05, 3.63) is 59.9 Å². The van der Waals surface area contributed by atoms with Crippen molar-refractivity contribution in [2.75, 3.05) is 6.61 Å². The lowest BCUT2D eigenvalue weighted by atomic mass is 10.2. The number of pyridine rings is 1. The normalized spacial score (nSPS) is 10.0. The van der Waals surface area contributed by atoms with Crippen molar-refractivity contribution in [2.45, 2.75) is 19.8 Å². The van der Waals surface area contributed by atoms with Gasteiger partial charge in [0, 0.05) is 12.4 Å². The van der Waals surface area contributed by atoms with Gasteiger partial charge in [-0.25, -0.2) is 9.59 Å². The molecule has 0 bridgehead atoms. The monoisotopic (exact) mass is 299 g/mol. The van der Waals surface area contributed by atoms with Gasteiger partial charge < -0.3 is 9.47 Å². The number of rotatable bonds is 6. The summed E-state index contributed by atoms with van der Waals surface area (Å²) >= 11 is 0. The van der Waals surface area contributed by atoms with E-state index < -0.39 is 5.97 Å². The van der Waals surface area contributed by atoms with Crippen molar-refractivity contribution in [3.8, 4) is 5.75 Å². The number of carbonyl (C=O) groups is 2. The first-order chi connectivity index (χ1) is 10.7. The number of ether oxygens (including phenoxy) is 2. The zero-order valence-electron chi connectivity index (χ0n) is 12.3. The first kappa shape index (κ1) is 15.7. The summed E-state index contributed by atoms with van der Waals surface area (Å²) in [6, 6.07) is 9.42. The number of benzene rings is 1. The molecule has 0 amide bonds. The standard InChI is InChI=1S/C17H17NO4/c1-2-3-12-21-16(19)13-4-6-15(7-5-13)22-17(20)14-8-10-18-11-9-14/h4-11H,2-3,12H2,1H3. The maximum Gasteiger partial charge on any atom is 0.343 e. The summed E-state index contributed by atoms with van der Waals surface area (Å²) in [5.41, 5.74) is 0.845. The third-order valence-electron chi connectivity index (χ3n) is 2.95.